The van der Waals surface area contributed by atoms with Crippen LogP contribution in [-0.4, -0.2) is 33.5 Å². The van der Waals surface area contributed by atoms with Crippen molar-refractivity contribution in [3.63, 3.8) is 0 Å². The SMILES string of the molecule is CCOc1ccc(S(=O)(=O)NCCC(O)c2ccc3c(c2)OCO3)cc1C. The molecule has 1 aliphatic rings. The first-order chi connectivity index (χ1) is 12.9. The Morgan fingerprint density at radius 2 is 1.96 bits per heavy atom. The number of aliphatic hydroxyl groups excluding tert-OH is 1. The molecule has 0 amide bonds. The van der Waals surface area contributed by atoms with E-state index in [0.29, 0.717) is 29.4 Å². The number of rotatable bonds is 8. The van der Waals surface area contributed by atoms with E-state index in [1.165, 1.54) is 6.07 Å². The third-order valence-corrected chi connectivity index (χ3v) is 5.71. The second kappa shape index (κ2) is 8.16. The van der Waals surface area contributed by atoms with E-state index < -0.39 is 16.1 Å². The highest BCUT2D eigenvalue weighted by Crippen LogP contribution is 2.34. The highest BCUT2D eigenvalue weighted by atomic mass is 32.2. The number of aryl methyl sites for hydroxylation is 1. The molecular formula is C19H23NO6S. The van der Waals surface area contributed by atoms with Crippen molar-refractivity contribution in [1.82, 2.24) is 4.72 Å². The number of benzene rings is 2. The van der Waals surface area contributed by atoms with Crippen LogP contribution in [0, 0.1) is 6.92 Å². The Morgan fingerprint density at radius 1 is 1.19 bits per heavy atom. The van der Waals surface area contributed by atoms with E-state index >= 15 is 0 Å². The van der Waals surface area contributed by atoms with Gasteiger partial charge in [-0.3, -0.25) is 0 Å². The van der Waals surface area contributed by atoms with E-state index in [1.54, 1.807) is 37.3 Å². The minimum Gasteiger partial charge on any atom is -0.494 e. The summed E-state index contributed by atoms with van der Waals surface area (Å²) in [5.74, 6) is 1.88. The Morgan fingerprint density at radius 3 is 2.70 bits per heavy atom. The van der Waals surface area contributed by atoms with Crippen molar-refractivity contribution in [1.29, 1.82) is 0 Å². The molecule has 0 saturated carbocycles. The number of hydrogen-bond acceptors (Lipinski definition) is 6. The maximum absolute atomic E-state index is 12.5. The molecule has 2 aromatic rings. The van der Waals surface area contributed by atoms with E-state index in [2.05, 4.69) is 4.72 Å². The van der Waals surface area contributed by atoms with Crippen molar-refractivity contribution in [3.8, 4) is 17.2 Å². The Balaban J connectivity index is 1.59. The second-order valence-corrected chi connectivity index (χ2v) is 7.94. The van der Waals surface area contributed by atoms with Gasteiger partial charge in [0.1, 0.15) is 5.75 Å². The summed E-state index contributed by atoms with van der Waals surface area (Å²) in [5.41, 5.74) is 1.40. The number of sulfonamides is 1. The molecule has 1 aliphatic heterocycles. The number of fused-ring (bicyclic) bond motifs is 1. The number of nitrogens with one attached hydrogen (secondary N) is 1. The predicted molar refractivity (Wildman–Crippen MR) is 99.7 cm³/mol. The van der Waals surface area contributed by atoms with Crippen LogP contribution < -0.4 is 18.9 Å². The summed E-state index contributed by atoms with van der Waals surface area (Å²) in [4.78, 5) is 0.168. The van der Waals surface area contributed by atoms with Crippen molar-refractivity contribution >= 4 is 10.0 Å². The molecule has 7 nitrogen and oxygen atoms in total. The molecule has 0 radical (unpaired) electrons. The van der Waals surface area contributed by atoms with E-state index in [0.717, 1.165) is 5.56 Å². The number of aliphatic hydroxyl groups is 1. The Kier molecular flexibility index (Phi) is 5.88. The van der Waals surface area contributed by atoms with Crippen molar-refractivity contribution in [2.45, 2.75) is 31.3 Å². The molecule has 0 fully saturated rings. The minimum atomic E-state index is -3.66. The molecule has 2 N–H and O–H groups in total. The zero-order chi connectivity index (χ0) is 19.4. The van der Waals surface area contributed by atoms with Gasteiger partial charge in [0.25, 0.3) is 0 Å². The van der Waals surface area contributed by atoms with E-state index in [1.807, 2.05) is 6.92 Å². The third kappa shape index (κ3) is 4.52. The van der Waals surface area contributed by atoms with Gasteiger partial charge in [-0.05, 0) is 61.7 Å². The van der Waals surface area contributed by atoms with Crippen LogP contribution in [0.5, 0.6) is 17.2 Å². The van der Waals surface area contributed by atoms with Crippen LogP contribution in [0.15, 0.2) is 41.3 Å². The number of hydrogen-bond donors (Lipinski definition) is 2. The Hall–Kier alpha value is -2.29. The van der Waals surface area contributed by atoms with Gasteiger partial charge >= 0.3 is 0 Å². The van der Waals surface area contributed by atoms with Crippen LogP contribution in [0.3, 0.4) is 0 Å². The van der Waals surface area contributed by atoms with E-state index in [4.69, 9.17) is 14.2 Å². The molecule has 146 valence electrons. The highest BCUT2D eigenvalue weighted by molar-refractivity contribution is 7.89. The highest BCUT2D eigenvalue weighted by Gasteiger charge is 2.19. The fourth-order valence-corrected chi connectivity index (χ4v) is 3.94. The zero-order valence-electron chi connectivity index (χ0n) is 15.3. The molecule has 8 heteroatoms. The Labute approximate surface area is 158 Å². The lowest BCUT2D eigenvalue weighted by atomic mass is 10.1. The molecule has 0 spiro atoms. The molecule has 2 aromatic carbocycles. The van der Waals surface area contributed by atoms with Crippen LogP contribution in [0.4, 0.5) is 0 Å². The van der Waals surface area contributed by atoms with Crippen LogP contribution >= 0.6 is 0 Å². The fourth-order valence-electron chi connectivity index (χ4n) is 2.81. The molecule has 1 heterocycles. The quantitative estimate of drug-likeness (QED) is 0.716. The molecule has 0 aromatic heterocycles. The average molecular weight is 393 g/mol. The van der Waals surface area contributed by atoms with E-state index in [-0.39, 0.29) is 24.7 Å². The van der Waals surface area contributed by atoms with Gasteiger partial charge in [-0.15, -0.1) is 0 Å². The summed E-state index contributed by atoms with van der Waals surface area (Å²) < 4.78 is 43.4. The summed E-state index contributed by atoms with van der Waals surface area (Å²) >= 11 is 0. The molecule has 1 unspecified atom stereocenters. The van der Waals surface area contributed by atoms with Gasteiger partial charge in [0.15, 0.2) is 11.5 Å². The van der Waals surface area contributed by atoms with Gasteiger partial charge in [0.2, 0.25) is 16.8 Å². The molecule has 27 heavy (non-hydrogen) atoms. The van der Waals surface area contributed by atoms with Crippen molar-refractivity contribution < 1.29 is 27.7 Å². The largest absolute Gasteiger partial charge is 0.494 e. The smallest absolute Gasteiger partial charge is 0.240 e. The van der Waals surface area contributed by atoms with Gasteiger partial charge in [-0.25, -0.2) is 13.1 Å². The van der Waals surface area contributed by atoms with Gasteiger partial charge in [0, 0.05) is 6.54 Å². The summed E-state index contributed by atoms with van der Waals surface area (Å²) in [5, 5.41) is 10.3. The van der Waals surface area contributed by atoms with Crippen molar-refractivity contribution in [2.24, 2.45) is 0 Å². The standard InChI is InChI=1S/C19H23NO6S/c1-3-24-17-7-5-15(10-13(17)2)27(22,23)20-9-8-16(21)14-4-6-18-19(11-14)26-12-25-18/h4-7,10-11,16,20-21H,3,8-9,12H2,1-2H3. The molecule has 1 atom stereocenters. The average Bonchev–Trinajstić information content (AvgIpc) is 3.11. The Bertz CT molecular complexity index is 912. The summed E-state index contributed by atoms with van der Waals surface area (Å²) in [6.07, 6.45) is -0.584. The predicted octanol–water partition coefficient (Wildman–Crippen LogP) is 2.52. The zero-order valence-corrected chi connectivity index (χ0v) is 16.1. The summed E-state index contributed by atoms with van der Waals surface area (Å²) in [6, 6.07) is 9.90. The molecule has 0 saturated heterocycles. The van der Waals surface area contributed by atoms with Crippen molar-refractivity contribution in [2.75, 3.05) is 19.9 Å². The lowest BCUT2D eigenvalue weighted by Gasteiger charge is -2.13. The monoisotopic (exact) mass is 393 g/mol. The summed E-state index contributed by atoms with van der Waals surface area (Å²) in [6.45, 7) is 4.45. The lowest BCUT2D eigenvalue weighted by molar-refractivity contribution is 0.166. The van der Waals surface area contributed by atoms with E-state index in [9.17, 15) is 13.5 Å². The van der Waals surface area contributed by atoms with Crippen LogP contribution in [-0.2, 0) is 10.0 Å². The third-order valence-electron chi connectivity index (χ3n) is 4.25. The van der Waals surface area contributed by atoms with Gasteiger partial charge in [-0.1, -0.05) is 6.07 Å². The van der Waals surface area contributed by atoms with Crippen LogP contribution in [0.2, 0.25) is 0 Å². The van der Waals surface area contributed by atoms with Gasteiger partial charge < -0.3 is 19.3 Å². The lowest BCUT2D eigenvalue weighted by Crippen LogP contribution is -2.26. The van der Waals surface area contributed by atoms with Crippen molar-refractivity contribution in [3.05, 3.63) is 47.5 Å². The first-order valence-electron chi connectivity index (χ1n) is 8.71. The first kappa shape index (κ1) is 19.5. The molecule has 3 rings (SSSR count). The first-order valence-corrected chi connectivity index (χ1v) is 10.2. The molecular weight excluding hydrogens is 370 g/mol. The summed E-state index contributed by atoms with van der Waals surface area (Å²) in [7, 11) is -3.66. The maximum atomic E-state index is 12.5. The number of ether oxygens (including phenoxy) is 3. The van der Waals surface area contributed by atoms with Gasteiger partial charge in [0.05, 0.1) is 17.6 Å². The maximum Gasteiger partial charge on any atom is 0.240 e. The second-order valence-electron chi connectivity index (χ2n) is 6.18. The fraction of sp³-hybridized carbons (Fsp3) is 0.368. The van der Waals surface area contributed by atoms with Crippen LogP contribution in [0.25, 0.3) is 0 Å². The molecule has 0 aliphatic carbocycles. The topological polar surface area (TPSA) is 94.1 Å². The van der Waals surface area contributed by atoms with Crippen LogP contribution in [0.1, 0.15) is 30.6 Å². The minimum absolute atomic E-state index is 0.101. The molecule has 0 bridgehead atoms. The normalized spacial score (nSPS) is 14.2. The van der Waals surface area contributed by atoms with Gasteiger partial charge in [-0.2, -0.15) is 0 Å².